The minimum Gasteiger partial charge on any atom is -0.314 e. The van der Waals surface area contributed by atoms with E-state index in [2.05, 4.69) is 36.2 Å². The SMILES string of the molecule is CCCNC1CCN(C(C)c2ccccc2Cl)CC1. The maximum Gasteiger partial charge on any atom is 0.0453 e. The molecule has 2 rings (SSSR count). The highest BCUT2D eigenvalue weighted by Crippen LogP contribution is 2.29. The molecule has 1 aromatic rings. The van der Waals surface area contributed by atoms with Gasteiger partial charge in [-0.2, -0.15) is 0 Å². The number of halogens is 1. The fourth-order valence-electron chi connectivity index (χ4n) is 2.85. The Morgan fingerprint density at radius 2 is 2.00 bits per heavy atom. The quantitative estimate of drug-likeness (QED) is 0.881. The third-order valence-electron chi connectivity index (χ3n) is 4.12. The summed E-state index contributed by atoms with van der Waals surface area (Å²) in [7, 11) is 0. The second kappa shape index (κ2) is 7.28. The van der Waals surface area contributed by atoms with Crippen molar-refractivity contribution in [3.8, 4) is 0 Å². The van der Waals surface area contributed by atoms with Crippen LogP contribution in [0, 0.1) is 0 Å². The zero-order valence-corrected chi connectivity index (χ0v) is 12.8. The lowest BCUT2D eigenvalue weighted by Crippen LogP contribution is -2.43. The minimum absolute atomic E-state index is 0.417. The van der Waals surface area contributed by atoms with Crippen molar-refractivity contribution < 1.29 is 0 Å². The number of hydrogen-bond donors (Lipinski definition) is 1. The first-order chi connectivity index (χ1) is 9.22. The molecule has 3 heteroatoms. The molecule has 0 amide bonds. The summed E-state index contributed by atoms with van der Waals surface area (Å²) in [4.78, 5) is 2.55. The van der Waals surface area contributed by atoms with Gasteiger partial charge in [-0.3, -0.25) is 4.90 Å². The Labute approximate surface area is 122 Å². The van der Waals surface area contributed by atoms with Crippen molar-refractivity contribution >= 4 is 11.6 Å². The summed E-state index contributed by atoms with van der Waals surface area (Å²) in [5.74, 6) is 0. The molecule has 106 valence electrons. The van der Waals surface area contributed by atoms with Crippen molar-refractivity contribution in [1.82, 2.24) is 10.2 Å². The first kappa shape index (κ1) is 14.8. The van der Waals surface area contributed by atoms with Crippen molar-refractivity contribution in [2.45, 2.75) is 45.2 Å². The average Bonchev–Trinajstić information content (AvgIpc) is 2.45. The van der Waals surface area contributed by atoms with E-state index < -0.39 is 0 Å². The first-order valence-corrected chi connectivity index (χ1v) is 7.82. The molecule has 0 saturated carbocycles. The average molecular weight is 281 g/mol. The Morgan fingerprint density at radius 3 is 2.63 bits per heavy atom. The van der Waals surface area contributed by atoms with Gasteiger partial charge in [-0.25, -0.2) is 0 Å². The zero-order chi connectivity index (χ0) is 13.7. The molecule has 1 aliphatic rings. The van der Waals surface area contributed by atoms with E-state index >= 15 is 0 Å². The molecule has 0 aromatic heterocycles. The first-order valence-electron chi connectivity index (χ1n) is 7.44. The molecule has 1 saturated heterocycles. The predicted molar refractivity (Wildman–Crippen MR) is 82.8 cm³/mol. The number of hydrogen-bond acceptors (Lipinski definition) is 2. The van der Waals surface area contributed by atoms with Crippen LogP contribution in [-0.4, -0.2) is 30.6 Å². The van der Waals surface area contributed by atoms with Crippen LogP contribution in [0.15, 0.2) is 24.3 Å². The van der Waals surface area contributed by atoms with E-state index in [0.29, 0.717) is 12.1 Å². The Balaban J connectivity index is 1.89. The molecule has 1 heterocycles. The zero-order valence-electron chi connectivity index (χ0n) is 12.0. The Morgan fingerprint density at radius 1 is 1.32 bits per heavy atom. The lowest BCUT2D eigenvalue weighted by Gasteiger charge is -2.36. The van der Waals surface area contributed by atoms with Gasteiger partial charge in [0, 0.05) is 30.2 Å². The molecule has 0 aliphatic carbocycles. The summed E-state index contributed by atoms with van der Waals surface area (Å²) in [5, 5.41) is 4.52. The second-order valence-corrected chi connectivity index (χ2v) is 5.87. The van der Waals surface area contributed by atoms with E-state index in [4.69, 9.17) is 11.6 Å². The normalized spacial score (nSPS) is 19.5. The van der Waals surface area contributed by atoms with Crippen molar-refractivity contribution in [3.63, 3.8) is 0 Å². The maximum atomic E-state index is 6.30. The van der Waals surface area contributed by atoms with Gasteiger partial charge in [0.15, 0.2) is 0 Å². The van der Waals surface area contributed by atoms with Crippen molar-refractivity contribution in [1.29, 1.82) is 0 Å². The number of rotatable bonds is 5. The van der Waals surface area contributed by atoms with Gasteiger partial charge < -0.3 is 5.32 Å². The van der Waals surface area contributed by atoms with Crippen LogP contribution in [0.3, 0.4) is 0 Å². The van der Waals surface area contributed by atoms with Gasteiger partial charge in [0.2, 0.25) is 0 Å². The van der Waals surface area contributed by atoms with Crippen LogP contribution in [0.1, 0.15) is 44.7 Å². The standard InChI is InChI=1S/C16H25ClN2/c1-3-10-18-14-8-11-19(12-9-14)13(2)15-6-4-5-7-16(15)17/h4-7,13-14,18H,3,8-12H2,1-2H3. The molecule has 1 fully saturated rings. The van der Waals surface area contributed by atoms with E-state index in [1.165, 1.54) is 24.8 Å². The van der Waals surface area contributed by atoms with Crippen LogP contribution in [0.25, 0.3) is 0 Å². The predicted octanol–water partition coefficient (Wildman–Crippen LogP) is 3.87. The molecule has 1 aliphatic heterocycles. The molecular formula is C16H25ClN2. The van der Waals surface area contributed by atoms with Gasteiger partial charge in [-0.05, 0) is 44.4 Å². The van der Waals surface area contributed by atoms with E-state index in [1.807, 2.05) is 12.1 Å². The van der Waals surface area contributed by atoms with Gasteiger partial charge >= 0.3 is 0 Å². The van der Waals surface area contributed by atoms with Crippen LogP contribution in [0.5, 0.6) is 0 Å². The monoisotopic (exact) mass is 280 g/mol. The summed E-state index contributed by atoms with van der Waals surface area (Å²) in [5.41, 5.74) is 1.25. The fraction of sp³-hybridized carbons (Fsp3) is 0.625. The van der Waals surface area contributed by atoms with Gasteiger partial charge in [0.05, 0.1) is 0 Å². The smallest absolute Gasteiger partial charge is 0.0453 e. The second-order valence-electron chi connectivity index (χ2n) is 5.46. The molecule has 1 aromatic carbocycles. The number of piperidine rings is 1. The maximum absolute atomic E-state index is 6.30. The summed E-state index contributed by atoms with van der Waals surface area (Å²) in [6.07, 6.45) is 3.71. The van der Waals surface area contributed by atoms with E-state index in [0.717, 1.165) is 24.7 Å². The molecular weight excluding hydrogens is 256 g/mol. The van der Waals surface area contributed by atoms with Gasteiger partial charge in [-0.15, -0.1) is 0 Å². The van der Waals surface area contributed by atoms with E-state index in [9.17, 15) is 0 Å². The van der Waals surface area contributed by atoms with Crippen molar-refractivity contribution in [2.75, 3.05) is 19.6 Å². The molecule has 0 radical (unpaired) electrons. The van der Waals surface area contributed by atoms with Gasteiger partial charge in [0.25, 0.3) is 0 Å². The summed E-state index contributed by atoms with van der Waals surface area (Å²) in [6.45, 7) is 7.95. The Kier molecular flexibility index (Phi) is 5.68. The molecule has 0 spiro atoms. The van der Waals surface area contributed by atoms with E-state index in [-0.39, 0.29) is 0 Å². The van der Waals surface area contributed by atoms with Crippen LogP contribution >= 0.6 is 11.6 Å². The molecule has 2 nitrogen and oxygen atoms in total. The van der Waals surface area contributed by atoms with Crippen LogP contribution in [-0.2, 0) is 0 Å². The Hall–Kier alpha value is -0.570. The molecule has 1 unspecified atom stereocenters. The van der Waals surface area contributed by atoms with Crippen molar-refractivity contribution in [2.24, 2.45) is 0 Å². The highest BCUT2D eigenvalue weighted by Gasteiger charge is 2.23. The fourth-order valence-corrected chi connectivity index (χ4v) is 3.14. The summed E-state index contributed by atoms with van der Waals surface area (Å²) < 4.78 is 0. The minimum atomic E-state index is 0.417. The summed E-state index contributed by atoms with van der Waals surface area (Å²) >= 11 is 6.30. The summed E-state index contributed by atoms with van der Waals surface area (Å²) in [6, 6.07) is 9.33. The largest absolute Gasteiger partial charge is 0.314 e. The molecule has 1 atom stereocenters. The molecule has 19 heavy (non-hydrogen) atoms. The number of likely N-dealkylation sites (tertiary alicyclic amines) is 1. The van der Waals surface area contributed by atoms with Gasteiger partial charge in [-0.1, -0.05) is 36.7 Å². The lowest BCUT2D eigenvalue weighted by molar-refractivity contribution is 0.153. The third kappa shape index (κ3) is 3.95. The topological polar surface area (TPSA) is 15.3 Å². The lowest BCUT2D eigenvalue weighted by atomic mass is 10.00. The number of benzene rings is 1. The Bertz CT molecular complexity index is 386. The molecule has 0 bridgehead atoms. The number of nitrogens with zero attached hydrogens (tertiary/aromatic N) is 1. The van der Waals surface area contributed by atoms with Crippen LogP contribution in [0.4, 0.5) is 0 Å². The van der Waals surface area contributed by atoms with Crippen LogP contribution in [0.2, 0.25) is 5.02 Å². The van der Waals surface area contributed by atoms with Crippen LogP contribution < -0.4 is 5.32 Å². The number of nitrogens with one attached hydrogen (secondary N) is 1. The van der Waals surface area contributed by atoms with E-state index in [1.54, 1.807) is 0 Å². The van der Waals surface area contributed by atoms with Gasteiger partial charge in [0.1, 0.15) is 0 Å². The molecule has 1 N–H and O–H groups in total. The third-order valence-corrected chi connectivity index (χ3v) is 4.46. The van der Waals surface area contributed by atoms with Crippen molar-refractivity contribution in [3.05, 3.63) is 34.9 Å². The highest BCUT2D eigenvalue weighted by molar-refractivity contribution is 6.31. The highest BCUT2D eigenvalue weighted by atomic mass is 35.5.